The first-order valence-electron chi connectivity index (χ1n) is 9.25. The van der Waals surface area contributed by atoms with Crippen LogP contribution in [-0.4, -0.2) is 38.9 Å². The fraction of sp³-hybridized carbons (Fsp3) is 0.400. The molecule has 0 bridgehead atoms. The maximum atomic E-state index is 12.3. The first-order valence-corrected chi connectivity index (χ1v) is 9.25. The number of hydrogen-bond donors (Lipinski definition) is 2. The number of amides is 3. The quantitative estimate of drug-likeness (QED) is 0.753. The van der Waals surface area contributed by atoms with E-state index in [1.165, 1.54) is 0 Å². The Kier molecular flexibility index (Phi) is 5.77. The zero-order valence-corrected chi connectivity index (χ0v) is 16.4. The molecule has 28 heavy (non-hydrogen) atoms. The lowest BCUT2D eigenvalue weighted by Gasteiger charge is -2.17. The highest BCUT2D eigenvalue weighted by Gasteiger charge is 2.34. The highest BCUT2D eigenvalue weighted by Crippen LogP contribution is 2.20. The van der Waals surface area contributed by atoms with Gasteiger partial charge in [0.15, 0.2) is 0 Å². The highest BCUT2D eigenvalue weighted by molar-refractivity contribution is 5.90. The predicted octanol–water partition coefficient (Wildman–Crippen LogP) is 1.00. The van der Waals surface area contributed by atoms with Gasteiger partial charge in [0.2, 0.25) is 11.8 Å². The number of rotatable bonds is 5. The van der Waals surface area contributed by atoms with E-state index in [2.05, 4.69) is 16.0 Å². The minimum Gasteiger partial charge on any atom is -0.338 e. The Hall–Kier alpha value is -3.16. The van der Waals surface area contributed by atoms with E-state index in [0.717, 1.165) is 22.5 Å². The second-order valence-electron chi connectivity index (χ2n) is 7.28. The number of hydrogen-bond acceptors (Lipinski definition) is 4. The van der Waals surface area contributed by atoms with Crippen molar-refractivity contribution >= 4 is 17.7 Å². The molecule has 2 N–H and O–H groups in total. The molecule has 2 aromatic rings. The molecule has 0 radical (unpaired) electrons. The van der Waals surface area contributed by atoms with E-state index in [1.54, 1.807) is 9.58 Å². The topological polar surface area (TPSA) is 96.3 Å². The first kappa shape index (κ1) is 19.6. The number of benzene rings is 1. The molecule has 1 aliphatic heterocycles. The van der Waals surface area contributed by atoms with Gasteiger partial charge in [-0.3, -0.25) is 29.9 Å². The molecule has 0 saturated carbocycles. The van der Waals surface area contributed by atoms with Crippen molar-refractivity contribution < 1.29 is 14.4 Å². The van der Waals surface area contributed by atoms with Gasteiger partial charge in [0.1, 0.15) is 6.54 Å². The molecule has 8 heteroatoms. The summed E-state index contributed by atoms with van der Waals surface area (Å²) in [5.41, 5.74) is 8.70. The Morgan fingerprint density at radius 2 is 1.86 bits per heavy atom. The SMILES string of the molecule is Cc1ccc(CN2CC(C(=O)NNC(=O)Cn3nc(C)cc3C)CC2=O)cc1. The van der Waals surface area contributed by atoms with Gasteiger partial charge in [-0.25, -0.2) is 0 Å². The number of nitrogens with one attached hydrogen (secondary N) is 2. The molecule has 1 unspecified atom stereocenters. The minimum atomic E-state index is -0.480. The molecule has 3 amide bonds. The molecule has 0 spiro atoms. The summed E-state index contributed by atoms with van der Waals surface area (Å²) in [6, 6.07) is 9.83. The van der Waals surface area contributed by atoms with Crippen molar-refractivity contribution in [3.05, 3.63) is 52.8 Å². The van der Waals surface area contributed by atoms with Crippen LogP contribution in [0.4, 0.5) is 0 Å². The fourth-order valence-corrected chi connectivity index (χ4v) is 3.26. The molecule has 1 aromatic heterocycles. The summed E-state index contributed by atoms with van der Waals surface area (Å²) in [6.07, 6.45) is 0.144. The molecule has 148 valence electrons. The predicted molar refractivity (Wildman–Crippen MR) is 103 cm³/mol. The largest absolute Gasteiger partial charge is 0.338 e. The van der Waals surface area contributed by atoms with Crippen molar-refractivity contribution in [2.45, 2.75) is 40.3 Å². The first-order chi connectivity index (χ1) is 13.3. The molecule has 1 atom stereocenters. The van der Waals surface area contributed by atoms with E-state index in [0.29, 0.717) is 13.1 Å². The van der Waals surface area contributed by atoms with Crippen molar-refractivity contribution in [1.82, 2.24) is 25.5 Å². The summed E-state index contributed by atoms with van der Waals surface area (Å²) in [4.78, 5) is 38.3. The van der Waals surface area contributed by atoms with Gasteiger partial charge in [-0.2, -0.15) is 5.10 Å². The minimum absolute atomic E-state index is 0.0170. The Labute approximate surface area is 163 Å². The third kappa shape index (κ3) is 4.76. The Morgan fingerprint density at radius 1 is 1.14 bits per heavy atom. The number of aryl methyl sites for hydroxylation is 3. The van der Waals surface area contributed by atoms with Crippen molar-refractivity contribution in [1.29, 1.82) is 0 Å². The van der Waals surface area contributed by atoms with Crippen LogP contribution in [0.3, 0.4) is 0 Å². The highest BCUT2D eigenvalue weighted by atomic mass is 16.2. The Balaban J connectivity index is 1.48. The van der Waals surface area contributed by atoms with Crippen LogP contribution < -0.4 is 10.9 Å². The smallest absolute Gasteiger partial charge is 0.260 e. The van der Waals surface area contributed by atoms with Crippen molar-refractivity contribution in [3.8, 4) is 0 Å². The van der Waals surface area contributed by atoms with E-state index in [1.807, 2.05) is 51.1 Å². The molecule has 1 aromatic carbocycles. The van der Waals surface area contributed by atoms with Gasteiger partial charge in [0.25, 0.3) is 5.91 Å². The Morgan fingerprint density at radius 3 is 2.50 bits per heavy atom. The normalized spacial score (nSPS) is 16.3. The van der Waals surface area contributed by atoms with E-state index in [9.17, 15) is 14.4 Å². The summed E-state index contributed by atoms with van der Waals surface area (Å²) in [5, 5.41) is 4.21. The van der Waals surface area contributed by atoms with E-state index < -0.39 is 5.92 Å². The zero-order valence-electron chi connectivity index (χ0n) is 16.4. The van der Waals surface area contributed by atoms with Crippen LogP contribution in [0.2, 0.25) is 0 Å². The number of carbonyl (C=O) groups excluding carboxylic acids is 3. The summed E-state index contributed by atoms with van der Waals surface area (Å²) in [7, 11) is 0. The van der Waals surface area contributed by atoms with Gasteiger partial charge in [0, 0.05) is 25.2 Å². The molecule has 1 fully saturated rings. The van der Waals surface area contributed by atoms with Gasteiger partial charge in [-0.15, -0.1) is 0 Å². The maximum absolute atomic E-state index is 12.3. The average Bonchev–Trinajstić information content (AvgIpc) is 3.16. The van der Waals surface area contributed by atoms with Gasteiger partial charge < -0.3 is 4.90 Å². The second-order valence-corrected chi connectivity index (χ2v) is 7.28. The molecular weight excluding hydrogens is 358 g/mol. The van der Waals surface area contributed by atoms with Crippen LogP contribution in [0, 0.1) is 26.7 Å². The van der Waals surface area contributed by atoms with E-state index in [4.69, 9.17) is 0 Å². The summed E-state index contributed by atoms with van der Waals surface area (Å²) >= 11 is 0. The molecular formula is C20H25N5O3. The van der Waals surface area contributed by atoms with Crippen LogP contribution in [0.25, 0.3) is 0 Å². The number of nitrogens with zero attached hydrogens (tertiary/aromatic N) is 3. The number of aromatic nitrogens is 2. The molecule has 0 aliphatic carbocycles. The van der Waals surface area contributed by atoms with E-state index in [-0.39, 0.29) is 30.7 Å². The summed E-state index contributed by atoms with van der Waals surface area (Å²) < 4.78 is 1.57. The molecule has 3 rings (SSSR count). The van der Waals surface area contributed by atoms with Crippen LogP contribution in [0.15, 0.2) is 30.3 Å². The second kappa shape index (κ2) is 8.24. The lowest BCUT2D eigenvalue weighted by molar-refractivity contribution is -0.131. The third-order valence-corrected chi connectivity index (χ3v) is 4.80. The van der Waals surface area contributed by atoms with Gasteiger partial charge in [-0.05, 0) is 32.4 Å². The zero-order chi connectivity index (χ0) is 20.3. The lowest BCUT2D eigenvalue weighted by Crippen LogP contribution is -2.46. The molecule has 1 aliphatic rings. The molecule has 1 saturated heterocycles. The standard InChI is InChI=1S/C20H25N5O3/c1-13-4-6-16(7-5-13)10-24-11-17(9-19(24)27)20(28)22-21-18(26)12-25-15(3)8-14(2)23-25/h4-8,17H,9-12H2,1-3H3,(H,21,26)(H,22,28). The summed E-state index contributed by atoms with van der Waals surface area (Å²) in [5.74, 6) is -1.27. The monoisotopic (exact) mass is 383 g/mol. The van der Waals surface area contributed by atoms with Crippen molar-refractivity contribution in [3.63, 3.8) is 0 Å². The number of likely N-dealkylation sites (tertiary alicyclic amines) is 1. The number of hydrazine groups is 1. The van der Waals surface area contributed by atoms with Crippen LogP contribution in [-0.2, 0) is 27.5 Å². The van der Waals surface area contributed by atoms with Crippen LogP contribution >= 0.6 is 0 Å². The maximum Gasteiger partial charge on any atom is 0.260 e. The average molecular weight is 383 g/mol. The van der Waals surface area contributed by atoms with Crippen molar-refractivity contribution in [2.24, 2.45) is 5.92 Å². The van der Waals surface area contributed by atoms with Crippen LogP contribution in [0.5, 0.6) is 0 Å². The van der Waals surface area contributed by atoms with Gasteiger partial charge in [0.05, 0.1) is 11.6 Å². The van der Waals surface area contributed by atoms with Crippen molar-refractivity contribution in [2.75, 3.05) is 6.54 Å². The van der Waals surface area contributed by atoms with Crippen LogP contribution in [0.1, 0.15) is 28.9 Å². The third-order valence-electron chi connectivity index (χ3n) is 4.80. The fourth-order valence-electron chi connectivity index (χ4n) is 3.26. The lowest BCUT2D eigenvalue weighted by atomic mass is 10.1. The molecule has 8 nitrogen and oxygen atoms in total. The van der Waals surface area contributed by atoms with E-state index >= 15 is 0 Å². The van der Waals surface area contributed by atoms with Gasteiger partial charge in [-0.1, -0.05) is 29.8 Å². The Bertz CT molecular complexity index is 888. The summed E-state index contributed by atoms with van der Waals surface area (Å²) in [6.45, 7) is 6.55. The molecule has 2 heterocycles. The number of carbonyl (C=O) groups is 3. The van der Waals surface area contributed by atoms with Gasteiger partial charge >= 0.3 is 0 Å².